The summed E-state index contributed by atoms with van der Waals surface area (Å²) < 4.78 is 2.26. The highest BCUT2D eigenvalue weighted by molar-refractivity contribution is 5.62. The zero-order valence-electron chi connectivity index (χ0n) is 10.5. The van der Waals surface area contributed by atoms with E-state index in [1.807, 2.05) is 0 Å². The van der Waals surface area contributed by atoms with Gasteiger partial charge in [-0.25, -0.2) is 0 Å². The summed E-state index contributed by atoms with van der Waals surface area (Å²) in [6.45, 7) is 0. The van der Waals surface area contributed by atoms with E-state index in [1.54, 1.807) is 0 Å². The van der Waals surface area contributed by atoms with Crippen molar-refractivity contribution in [2.24, 2.45) is 0 Å². The van der Waals surface area contributed by atoms with Crippen molar-refractivity contribution in [1.82, 2.24) is 0 Å². The lowest BCUT2D eigenvalue weighted by Crippen LogP contribution is -2.31. The molecule has 0 unspecified atom stereocenters. The number of aromatic nitrogens is 1. The van der Waals surface area contributed by atoms with E-state index in [9.17, 15) is 0 Å². The summed E-state index contributed by atoms with van der Waals surface area (Å²) in [5.41, 5.74) is 4.01. The normalized spacial score (nSPS) is 15.2. The topological polar surface area (TPSA) is 3.88 Å². The monoisotopic (exact) mass is 236 g/mol. The zero-order chi connectivity index (χ0) is 12.2. The van der Waals surface area contributed by atoms with Gasteiger partial charge >= 0.3 is 0 Å². The molecule has 1 aromatic heterocycles. The molecule has 0 saturated heterocycles. The first-order valence-corrected chi connectivity index (χ1v) is 6.70. The van der Waals surface area contributed by atoms with Crippen molar-refractivity contribution in [2.45, 2.75) is 25.7 Å². The lowest BCUT2D eigenvalue weighted by Gasteiger charge is -2.07. The summed E-state index contributed by atoms with van der Waals surface area (Å²) in [7, 11) is 0. The summed E-state index contributed by atoms with van der Waals surface area (Å²) in [6.07, 6.45) is 11.8. The van der Waals surface area contributed by atoms with Crippen LogP contribution in [0.15, 0.2) is 60.9 Å². The van der Waals surface area contributed by atoms with Gasteiger partial charge in [0.25, 0.3) is 0 Å². The van der Waals surface area contributed by atoms with Gasteiger partial charge in [-0.05, 0) is 36.5 Å². The molecule has 1 aliphatic rings. The summed E-state index contributed by atoms with van der Waals surface area (Å²) in [5, 5.41) is 0. The molecule has 0 spiro atoms. The molecule has 0 fully saturated rings. The van der Waals surface area contributed by atoms with Crippen LogP contribution in [-0.2, 0) is 0 Å². The lowest BCUT2D eigenvalue weighted by atomic mass is 10.0. The molecule has 90 valence electrons. The predicted octanol–water partition coefficient (Wildman–Crippen LogP) is 4.06. The van der Waals surface area contributed by atoms with Gasteiger partial charge in [-0.15, -0.1) is 0 Å². The van der Waals surface area contributed by atoms with Crippen LogP contribution in [0.3, 0.4) is 0 Å². The van der Waals surface area contributed by atoms with Crippen molar-refractivity contribution in [3.05, 3.63) is 60.9 Å². The van der Waals surface area contributed by atoms with E-state index in [0.717, 1.165) is 0 Å². The minimum Gasteiger partial charge on any atom is -0.171 e. The Hall–Kier alpha value is -1.89. The summed E-state index contributed by atoms with van der Waals surface area (Å²) in [5.74, 6) is 0. The first-order chi connectivity index (χ1) is 8.93. The number of nitrogens with zero attached hydrogens (tertiary/aromatic N) is 1. The van der Waals surface area contributed by atoms with Gasteiger partial charge in [0.15, 0.2) is 18.1 Å². The summed E-state index contributed by atoms with van der Waals surface area (Å²) in [4.78, 5) is 0. The molecule has 3 rings (SSSR count). The number of rotatable bonds is 2. The average molecular weight is 236 g/mol. The average Bonchev–Trinajstić information content (AvgIpc) is 2.49. The lowest BCUT2D eigenvalue weighted by molar-refractivity contribution is -0.583. The Bertz CT molecular complexity index is 538. The molecule has 18 heavy (non-hydrogen) atoms. The van der Waals surface area contributed by atoms with Gasteiger partial charge in [-0.2, -0.15) is 4.57 Å². The third-order valence-corrected chi connectivity index (χ3v) is 3.54. The fourth-order valence-corrected chi connectivity index (χ4v) is 2.50. The summed E-state index contributed by atoms with van der Waals surface area (Å²) >= 11 is 0. The van der Waals surface area contributed by atoms with E-state index in [-0.39, 0.29) is 0 Å². The van der Waals surface area contributed by atoms with Crippen LogP contribution in [0.2, 0.25) is 0 Å². The van der Waals surface area contributed by atoms with Crippen LogP contribution in [-0.4, -0.2) is 0 Å². The van der Waals surface area contributed by atoms with Crippen LogP contribution in [0.1, 0.15) is 25.7 Å². The molecular weight excluding hydrogens is 218 g/mol. The van der Waals surface area contributed by atoms with E-state index in [2.05, 4.69) is 65.5 Å². The Morgan fingerprint density at radius 1 is 0.778 bits per heavy atom. The van der Waals surface area contributed by atoms with Crippen molar-refractivity contribution < 1.29 is 4.57 Å². The van der Waals surface area contributed by atoms with Crippen molar-refractivity contribution in [3.63, 3.8) is 0 Å². The number of hydrogen-bond donors (Lipinski definition) is 0. The highest BCUT2D eigenvalue weighted by Gasteiger charge is 2.12. The second-order valence-electron chi connectivity index (χ2n) is 4.80. The Morgan fingerprint density at radius 3 is 2.17 bits per heavy atom. The first-order valence-electron chi connectivity index (χ1n) is 6.70. The van der Waals surface area contributed by atoms with E-state index < -0.39 is 0 Å². The molecule has 1 nitrogen and oxygen atoms in total. The zero-order valence-corrected chi connectivity index (χ0v) is 10.5. The molecule has 1 heteroatoms. The van der Waals surface area contributed by atoms with Crippen LogP contribution >= 0.6 is 0 Å². The van der Waals surface area contributed by atoms with E-state index >= 15 is 0 Å². The maximum Gasteiger partial charge on any atom is 0.182 e. The predicted molar refractivity (Wildman–Crippen MR) is 74.8 cm³/mol. The maximum absolute atomic E-state index is 2.37. The Labute approximate surface area is 108 Å². The van der Waals surface area contributed by atoms with Gasteiger partial charge < -0.3 is 0 Å². The maximum atomic E-state index is 2.37. The van der Waals surface area contributed by atoms with Gasteiger partial charge in [-0.1, -0.05) is 30.3 Å². The van der Waals surface area contributed by atoms with Crippen molar-refractivity contribution in [1.29, 1.82) is 0 Å². The molecule has 1 aliphatic carbocycles. The van der Waals surface area contributed by atoms with Crippen molar-refractivity contribution >= 4 is 5.70 Å². The Kier molecular flexibility index (Phi) is 3.22. The van der Waals surface area contributed by atoms with Crippen LogP contribution in [0.4, 0.5) is 0 Å². The first kappa shape index (κ1) is 11.2. The van der Waals surface area contributed by atoms with E-state index in [1.165, 1.54) is 42.5 Å². The molecule has 0 amide bonds. The number of allylic oxidation sites excluding steroid dienone is 2. The van der Waals surface area contributed by atoms with Crippen molar-refractivity contribution in [2.75, 3.05) is 0 Å². The van der Waals surface area contributed by atoms with Gasteiger partial charge in [0.1, 0.15) is 0 Å². The molecular formula is C17H18N+. The number of pyridine rings is 1. The quantitative estimate of drug-likeness (QED) is 0.692. The van der Waals surface area contributed by atoms with Crippen LogP contribution in [0.25, 0.3) is 16.8 Å². The molecule has 2 aromatic rings. The van der Waals surface area contributed by atoms with Crippen LogP contribution in [0.5, 0.6) is 0 Å². The Morgan fingerprint density at radius 2 is 1.50 bits per heavy atom. The molecule has 0 bridgehead atoms. The minimum absolute atomic E-state index is 1.20. The third kappa shape index (κ3) is 2.35. The number of benzene rings is 1. The SMILES string of the molecule is C1=C([n+]2ccc(-c3ccccc3)cc2)CCCC1. The van der Waals surface area contributed by atoms with Gasteiger partial charge in [0, 0.05) is 18.6 Å². The van der Waals surface area contributed by atoms with E-state index in [4.69, 9.17) is 0 Å². The van der Waals surface area contributed by atoms with E-state index in [0.29, 0.717) is 0 Å². The molecule has 0 N–H and O–H groups in total. The standard InChI is InChI=1S/C17H18N/c1-3-7-15(8-4-1)16-11-13-18(14-12-16)17-9-5-2-6-10-17/h1,3-4,7-9,11-14H,2,5-6,10H2/q+1. The Balaban J connectivity index is 1.87. The van der Waals surface area contributed by atoms with Gasteiger partial charge in [0.2, 0.25) is 0 Å². The highest BCUT2D eigenvalue weighted by atomic mass is 14.9. The number of hydrogen-bond acceptors (Lipinski definition) is 0. The fourth-order valence-electron chi connectivity index (χ4n) is 2.50. The van der Waals surface area contributed by atoms with Gasteiger partial charge in [-0.3, -0.25) is 0 Å². The fraction of sp³-hybridized carbons (Fsp3) is 0.235. The minimum atomic E-state index is 1.20. The van der Waals surface area contributed by atoms with Crippen LogP contribution < -0.4 is 4.57 Å². The molecule has 0 saturated carbocycles. The molecule has 0 atom stereocenters. The molecule has 1 aromatic carbocycles. The van der Waals surface area contributed by atoms with Gasteiger partial charge in [0.05, 0.1) is 0 Å². The molecule has 0 aliphatic heterocycles. The highest BCUT2D eigenvalue weighted by Crippen LogP contribution is 2.19. The summed E-state index contributed by atoms with van der Waals surface area (Å²) in [6, 6.07) is 14.9. The molecule has 1 heterocycles. The van der Waals surface area contributed by atoms with Crippen LogP contribution in [0, 0.1) is 0 Å². The van der Waals surface area contributed by atoms with Crippen molar-refractivity contribution in [3.8, 4) is 11.1 Å². The smallest absolute Gasteiger partial charge is 0.171 e. The third-order valence-electron chi connectivity index (χ3n) is 3.54. The second-order valence-corrected chi connectivity index (χ2v) is 4.80. The largest absolute Gasteiger partial charge is 0.182 e. The second kappa shape index (κ2) is 5.18. The molecule has 0 radical (unpaired) electrons.